The van der Waals surface area contributed by atoms with Crippen LogP contribution in [0, 0.1) is 6.92 Å². The molecular weight excluding hydrogens is 198 g/mol. The fourth-order valence-corrected chi connectivity index (χ4v) is 1.47. The third-order valence-corrected chi connectivity index (χ3v) is 2.15. The number of nitrogens with zero attached hydrogens (tertiary/aromatic N) is 3. The van der Waals surface area contributed by atoms with E-state index in [-0.39, 0.29) is 0 Å². The van der Waals surface area contributed by atoms with E-state index in [4.69, 9.17) is 0 Å². The SMILES string of the molecule is C=CCc1nc(C)nc(-c2ccccc2)n1. The van der Waals surface area contributed by atoms with Gasteiger partial charge in [0.1, 0.15) is 11.6 Å². The van der Waals surface area contributed by atoms with E-state index in [1.54, 1.807) is 6.08 Å². The third-order valence-electron chi connectivity index (χ3n) is 2.15. The van der Waals surface area contributed by atoms with Crippen molar-refractivity contribution in [1.29, 1.82) is 0 Å². The van der Waals surface area contributed by atoms with Crippen LogP contribution in [0.5, 0.6) is 0 Å². The maximum absolute atomic E-state index is 4.40. The average molecular weight is 211 g/mol. The summed E-state index contributed by atoms with van der Waals surface area (Å²) in [5, 5.41) is 0. The number of rotatable bonds is 3. The van der Waals surface area contributed by atoms with Gasteiger partial charge in [-0.25, -0.2) is 15.0 Å². The largest absolute Gasteiger partial charge is 0.218 e. The molecule has 0 spiro atoms. The summed E-state index contributed by atoms with van der Waals surface area (Å²) >= 11 is 0. The van der Waals surface area contributed by atoms with Crippen LogP contribution in [0.15, 0.2) is 43.0 Å². The maximum atomic E-state index is 4.40. The molecule has 0 saturated carbocycles. The summed E-state index contributed by atoms with van der Waals surface area (Å²) < 4.78 is 0. The van der Waals surface area contributed by atoms with Crippen molar-refractivity contribution in [2.75, 3.05) is 0 Å². The molecule has 80 valence electrons. The number of hydrogen-bond acceptors (Lipinski definition) is 3. The molecule has 16 heavy (non-hydrogen) atoms. The van der Waals surface area contributed by atoms with Crippen molar-refractivity contribution in [1.82, 2.24) is 15.0 Å². The monoisotopic (exact) mass is 211 g/mol. The number of allylic oxidation sites excluding steroid dienone is 1. The molecule has 0 bridgehead atoms. The lowest BCUT2D eigenvalue weighted by molar-refractivity contribution is 0.897. The zero-order valence-corrected chi connectivity index (χ0v) is 9.22. The Morgan fingerprint density at radius 2 is 1.88 bits per heavy atom. The van der Waals surface area contributed by atoms with E-state index in [1.807, 2.05) is 37.3 Å². The van der Waals surface area contributed by atoms with Crippen molar-refractivity contribution in [2.24, 2.45) is 0 Å². The highest BCUT2D eigenvalue weighted by atomic mass is 15.0. The molecule has 1 aromatic carbocycles. The summed E-state index contributed by atoms with van der Waals surface area (Å²) in [5.74, 6) is 2.23. The predicted octanol–water partition coefficient (Wildman–Crippen LogP) is 2.58. The van der Waals surface area contributed by atoms with Gasteiger partial charge in [0, 0.05) is 12.0 Å². The molecule has 0 N–H and O–H groups in total. The van der Waals surface area contributed by atoms with Crippen LogP contribution >= 0.6 is 0 Å². The van der Waals surface area contributed by atoms with E-state index in [2.05, 4.69) is 21.5 Å². The Bertz CT molecular complexity index is 492. The Morgan fingerprint density at radius 3 is 2.56 bits per heavy atom. The number of hydrogen-bond donors (Lipinski definition) is 0. The second-order valence-corrected chi connectivity index (χ2v) is 3.48. The molecule has 0 aliphatic heterocycles. The highest BCUT2D eigenvalue weighted by molar-refractivity contribution is 5.54. The highest BCUT2D eigenvalue weighted by Gasteiger charge is 2.04. The van der Waals surface area contributed by atoms with Crippen molar-refractivity contribution >= 4 is 0 Å². The molecule has 1 heterocycles. The molecule has 3 heteroatoms. The van der Waals surface area contributed by atoms with Crippen LogP contribution in [0.4, 0.5) is 0 Å². The number of aromatic nitrogens is 3. The molecule has 0 fully saturated rings. The molecule has 2 aromatic rings. The fourth-order valence-electron chi connectivity index (χ4n) is 1.47. The van der Waals surface area contributed by atoms with Gasteiger partial charge in [-0.3, -0.25) is 0 Å². The topological polar surface area (TPSA) is 38.7 Å². The van der Waals surface area contributed by atoms with Gasteiger partial charge in [-0.1, -0.05) is 36.4 Å². The lowest BCUT2D eigenvalue weighted by Gasteiger charge is -2.03. The molecule has 0 saturated heterocycles. The second kappa shape index (κ2) is 4.66. The zero-order chi connectivity index (χ0) is 11.4. The normalized spacial score (nSPS) is 10.1. The lowest BCUT2D eigenvalue weighted by Crippen LogP contribution is -2.01. The van der Waals surface area contributed by atoms with Crippen LogP contribution in [0.2, 0.25) is 0 Å². The zero-order valence-electron chi connectivity index (χ0n) is 9.22. The summed E-state index contributed by atoms with van der Waals surface area (Å²) in [6.45, 7) is 5.56. The Kier molecular flexibility index (Phi) is 3.05. The minimum atomic E-state index is 0.670. The molecular formula is C13H13N3. The minimum absolute atomic E-state index is 0.670. The molecule has 2 rings (SSSR count). The molecule has 0 unspecified atom stereocenters. The van der Waals surface area contributed by atoms with Gasteiger partial charge in [0.15, 0.2) is 5.82 Å². The smallest absolute Gasteiger partial charge is 0.163 e. The molecule has 1 aromatic heterocycles. The van der Waals surface area contributed by atoms with Gasteiger partial charge in [-0.15, -0.1) is 6.58 Å². The molecule has 3 nitrogen and oxygen atoms in total. The minimum Gasteiger partial charge on any atom is -0.218 e. The summed E-state index contributed by atoms with van der Waals surface area (Å²) in [7, 11) is 0. The lowest BCUT2D eigenvalue weighted by atomic mass is 10.2. The van der Waals surface area contributed by atoms with Crippen LogP contribution in [0.25, 0.3) is 11.4 Å². The predicted molar refractivity (Wildman–Crippen MR) is 63.9 cm³/mol. The van der Waals surface area contributed by atoms with Crippen LogP contribution in [0.3, 0.4) is 0 Å². The van der Waals surface area contributed by atoms with E-state index in [9.17, 15) is 0 Å². The first-order valence-electron chi connectivity index (χ1n) is 5.17. The van der Waals surface area contributed by atoms with Crippen molar-refractivity contribution in [2.45, 2.75) is 13.3 Å². The molecule has 0 radical (unpaired) electrons. The van der Waals surface area contributed by atoms with E-state index in [0.29, 0.717) is 6.42 Å². The number of benzene rings is 1. The van der Waals surface area contributed by atoms with E-state index >= 15 is 0 Å². The van der Waals surface area contributed by atoms with Crippen molar-refractivity contribution < 1.29 is 0 Å². The summed E-state index contributed by atoms with van der Waals surface area (Å²) in [6, 6.07) is 9.91. The van der Waals surface area contributed by atoms with Gasteiger partial charge in [-0.2, -0.15) is 0 Å². The van der Waals surface area contributed by atoms with Gasteiger partial charge in [0.05, 0.1) is 0 Å². The maximum Gasteiger partial charge on any atom is 0.163 e. The molecule has 0 aliphatic rings. The van der Waals surface area contributed by atoms with E-state index in [0.717, 1.165) is 23.0 Å². The Hall–Kier alpha value is -2.03. The quantitative estimate of drug-likeness (QED) is 0.732. The molecule has 0 aliphatic carbocycles. The molecule has 0 atom stereocenters. The fraction of sp³-hybridized carbons (Fsp3) is 0.154. The van der Waals surface area contributed by atoms with Gasteiger partial charge in [0.2, 0.25) is 0 Å². The third kappa shape index (κ3) is 2.31. The van der Waals surface area contributed by atoms with Crippen molar-refractivity contribution in [3.63, 3.8) is 0 Å². The highest BCUT2D eigenvalue weighted by Crippen LogP contribution is 2.13. The average Bonchev–Trinajstić information content (AvgIpc) is 2.30. The Labute approximate surface area is 94.9 Å². The van der Waals surface area contributed by atoms with E-state index < -0.39 is 0 Å². The second-order valence-electron chi connectivity index (χ2n) is 3.48. The first-order chi connectivity index (χ1) is 7.79. The van der Waals surface area contributed by atoms with Gasteiger partial charge < -0.3 is 0 Å². The van der Waals surface area contributed by atoms with Crippen LogP contribution in [0.1, 0.15) is 11.6 Å². The number of aryl methyl sites for hydroxylation is 1. The van der Waals surface area contributed by atoms with E-state index in [1.165, 1.54) is 0 Å². The van der Waals surface area contributed by atoms with Gasteiger partial charge >= 0.3 is 0 Å². The summed E-state index contributed by atoms with van der Waals surface area (Å²) in [5.41, 5.74) is 1.01. The molecule has 0 amide bonds. The van der Waals surface area contributed by atoms with Crippen molar-refractivity contribution in [3.8, 4) is 11.4 Å². The van der Waals surface area contributed by atoms with Crippen LogP contribution < -0.4 is 0 Å². The Morgan fingerprint density at radius 1 is 1.12 bits per heavy atom. The van der Waals surface area contributed by atoms with Gasteiger partial charge in [0.25, 0.3) is 0 Å². The first-order valence-corrected chi connectivity index (χ1v) is 5.17. The van der Waals surface area contributed by atoms with Crippen molar-refractivity contribution in [3.05, 3.63) is 54.6 Å². The Balaban J connectivity index is 2.45. The van der Waals surface area contributed by atoms with Crippen LogP contribution in [-0.4, -0.2) is 15.0 Å². The summed E-state index contributed by atoms with van der Waals surface area (Å²) in [6.07, 6.45) is 2.47. The standard InChI is InChI=1S/C13H13N3/c1-3-7-12-14-10(2)15-13(16-12)11-8-5-4-6-9-11/h3-6,8-9H,1,7H2,2H3. The summed E-state index contributed by atoms with van der Waals surface area (Å²) in [4.78, 5) is 13.0. The van der Waals surface area contributed by atoms with Gasteiger partial charge in [-0.05, 0) is 6.92 Å². The first kappa shape index (κ1) is 10.5. The van der Waals surface area contributed by atoms with Crippen LogP contribution in [-0.2, 0) is 6.42 Å².